The van der Waals surface area contributed by atoms with Gasteiger partial charge in [0.15, 0.2) is 0 Å². The van der Waals surface area contributed by atoms with Gasteiger partial charge in [0.05, 0.1) is 16.3 Å². The minimum Gasteiger partial charge on any atom is -0.267 e. The lowest BCUT2D eigenvalue weighted by atomic mass is 10.0. The van der Waals surface area contributed by atoms with Gasteiger partial charge in [-0.15, -0.1) is 0 Å². The molecule has 0 spiro atoms. The Labute approximate surface area is 139 Å². The topological polar surface area (TPSA) is 41.5 Å². The van der Waals surface area contributed by atoms with E-state index in [1.807, 2.05) is 12.1 Å². The second-order valence-corrected chi connectivity index (χ2v) is 5.93. The van der Waals surface area contributed by atoms with Crippen LogP contribution in [0.25, 0.3) is 0 Å². The van der Waals surface area contributed by atoms with Gasteiger partial charge < -0.3 is 0 Å². The molecule has 0 heterocycles. The Morgan fingerprint density at radius 1 is 1.09 bits per heavy atom. The zero-order valence-electron chi connectivity index (χ0n) is 12.3. The van der Waals surface area contributed by atoms with Gasteiger partial charge in [-0.1, -0.05) is 55.2 Å². The Bertz CT molecular complexity index is 674. The highest BCUT2D eigenvalue weighted by Crippen LogP contribution is 2.22. The number of hydrogen-bond donors (Lipinski definition) is 1. The van der Waals surface area contributed by atoms with E-state index in [2.05, 4.69) is 24.4 Å². The zero-order chi connectivity index (χ0) is 16.1. The predicted octanol–water partition coefficient (Wildman–Crippen LogP) is 4.88. The maximum absolute atomic E-state index is 12.0. The minimum absolute atomic E-state index is 0.283. The highest BCUT2D eigenvalue weighted by molar-refractivity contribution is 6.38. The lowest BCUT2D eigenvalue weighted by molar-refractivity contribution is 0.0955. The standard InChI is InChI=1S/C17H16Cl2N2O/c1-11(2)12-6-8-13(9-7-12)17(22)21-20-10-14-15(18)4-3-5-16(14)19/h3-11H,1-2H3,(H,21,22)/b20-10+. The summed E-state index contributed by atoms with van der Waals surface area (Å²) in [5.41, 5.74) is 4.77. The quantitative estimate of drug-likeness (QED) is 0.628. The summed E-state index contributed by atoms with van der Waals surface area (Å²) in [6.07, 6.45) is 1.44. The van der Waals surface area contributed by atoms with Crippen molar-refractivity contribution in [2.45, 2.75) is 19.8 Å². The number of carbonyl (C=O) groups excluding carboxylic acids is 1. The number of amides is 1. The van der Waals surface area contributed by atoms with Crippen LogP contribution in [-0.2, 0) is 0 Å². The van der Waals surface area contributed by atoms with Crippen LogP contribution in [0.4, 0.5) is 0 Å². The van der Waals surface area contributed by atoms with Gasteiger partial charge in [0.2, 0.25) is 0 Å². The van der Waals surface area contributed by atoms with Crippen LogP contribution in [0.5, 0.6) is 0 Å². The molecule has 1 N–H and O–H groups in total. The van der Waals surface area contributed by atoms with Crippen molar-refractivity contribution in [2.24, 2.45) is 5.10 Å². The lowest BCUT2D eigenvalue weighted by Gasteiger charge is -2.06. The van der Waals surface area contributed by atoms with Crippen molar-refractivity contribution < 1.29 is 4.79 Å². The summed E-state index contributed by atoms with van der Waals surface area (Å²) in [5.74, 6) is 0.146. The number of rotatable bonds is 4. The molecule has 0 fully saturated rings. The fourth-order valence-electron chi connectivity index (χ4n) is 1.87. The van der Waals surface area contributed by atoms with E-state index in [0.717, 1.165) is 0 Å². The summed E-state index contributed by atoms with van der Waals surface area (Å²) in [6, 6.07) is 12.6. The molecule has 0 aliphatic rings. The van der Waals surface area contributed by atoms with Crippen LogP contribution >= 0.6 is 23.2 Å². The molecule has 5 heteroatoms. The van der Waals surface area contributed by atoms with Gasteiger partial charge in [-0.3, -0.25) is 4.79 Å². The second kappa shape index (κ2) is 7.43. The molecule has 0 aliphatic carbocycles. The third-order valence-electron chi connectivity index (χ3n) is 3.20. The molecule has 0 aliphatic heterocycles. The molecule has 0 unspecified atom stereocenters. The molecule has 2 aromatic carbocycles. The van der Waals surface area contributed by atoms with E-state index in [1.54, 1.807) is 30.3 Å². The van der Waals surface area contributed by atoms with E-state index < -0.39 is 0 Å². The van der Waals surface area contributed by atoms with Crippen molar-refractivity contribution in [3.8, 4) is 0 Å². The van der Waals surface area contributed by atoms with Gasteiger partial charge >= 0.3 is 0 Å². The number of halogens is 2. The molecule has 2 rings (SSSR count). The number of nitrogens with zero attached hydrogens (tertiary/aromatic N) is 1. The van der Waals surface area contributed by atoms with Crippen molar-refractivity contribution in [1.29, 1.82) is 0 Å². The largest absolute Gasteiger partial charge is 0.271 e. The number of nitrogens with one attached hydrogen (secondary N) is 1. The summed E-state index contributed by atoms with van der Waals surface area (Å²) >= 11 is 12.0. The van der Waals surface area contributed by atoms with E-state index in [4.69, 9.17) is 23.2 Å². The third-order valence-corrected chi connectivity index (χ3v) is 3.86. The van der Waals surface area contributed by atoms with Crippen LogP contribution < -0.4 is 5.43 Å². The first-order valence-electron chi connectivity index (χ1n) is 6.86. The first-order valence-corrected chi connectivity index (χ1v) is 7.62. The molecule has 1 amide bonds. The minimum atomic E-state index is -0.283. The van der Waals surface area contributed by atoms with Crippen molar-refractivity contribution in [3.63, 3.8) is 0 Å². The molecular formula is C17H16Cl2N2O. The van der Waals surface area contributed by atoms with Crippen LogP contribution in [0.1, 0.15) is 41.3 Å². The maximum Gasteiger partial charge on any atom is 0.271 e. The Kier molecular flexibility index (Phi) is 5.58. The van der Waals surface area contributed by atoms with E-state index in [0.29, 0.717) is 27.1 Å². The molecular weight excluding hydrogens is 319 g/mol. The van der Waals surface area contributed by atoms with Gasteiger partial charge in [-0.2, -0.15) is 5.10 Å². The fourth-order valence-corrected chi connectivity index (χ4v) is 2.37. The molecule has 2 aromatic rings. The Hall–Kier alpha value is -1.84. The number of carbonyl (C=O) groups is 1. The molecule has 114 valence electrons. The van der Waals surface area contributed by atoms with Crippen molar-refractivity contribution in [3.05, 3.63) is 69.2 Å². The van der Waals surface area contributed by atoms with Crippen LogP contribution in [0.3, 0.4) is 0 Å². The third kappa shape index (κ3) is 4.09. The Morgan fingerprint density at radius 3 is 2.23 bits per heavy atom. The molecule has 0 radical (unpaired) electrons. The summed E-state index contributed by atoms with van der Waals surface area (Å²) in [4.78, 5) is 12.0. The van der Waals surface area contributed by atoms with Crippen LogP contribution in [0.2, 0.25) is 10.0 Å². The highest BCUT2D eigenvalue weighted by Gasteiger charge is 2.06. The summed E-state index contributed by atoms with van der Waals surface area (Å²) in [5, 5.41) is 4.86. The maximum atomic E-state index is 12.0. The summed E-state index contributed by atoms with van der Waals surface area (Å²) in [7, 11) is 0. The van der Waals surface area contributed by atoms with E-state index >= 15 is 0 Å². The van der Waals surface area contributed by atoms with Gasteiger partial charge in [0.1, 0.15) is 0 Å². The average molecular weight is 335 g/mol. The van der Waals surface area contributed by atoms with Gasteiger partial charge in [0, 0.05) is 11.1 Å². The Morgan fingerprint density at radius 2 is 1.68 bits per heavy atom. The first kappa shape index (κ1) is 16.5. The fraction of sp³-hybridized carbons (Fsp3) is 0.176. The predicted molar refractivity (Wildman–Crippen MR) is 92.1 cm³/mol. The molecule has 0 atom stereocenters. The van der Waals surface area contributed by atoms with E-state index in [-0.39, 0.29) is 5.91 Å². The van der Waals surface area contributed by atoms with Crippen molar-refractivity contribution in [1.82, 2.24) is 5.43 Å². The number of hydrazone groups is 1. The lowest BCUT2D eigenvalue weighted by Crippen LogP contribution is -2.17. The number of benzene rings is 2. The van der Waals surface area contributed by atoms with Crippen molar-refractivity contribution >= 4 is 35.3 Å². The van der Waals surface area contributed by atoms with E-state index in [1.165, 1.54) is 11.8 Å². The van der Waals surface area contributed by atoms with Crippen LogP contribution in [0.15, 0.2) is 47.6 Å². The van der Waals surface area contributed by atoms with Crippen LogP contribution in [-0.4, -0.2) is 12.1 Å². The van der Waals surface area contributed by atoms with E-state index in [9.17, 15) is 4.79 Å². The zero-order valence-corrected chi connectivity index (χ0v) is 13.8. The molecule has 0 aromatic heterocycles. The number of hydrogen-bond acceptors (Lipinski definition) is 2. The molecule has 22 heavy (non-hydrogen) atoms. The van der Waals surface area contributed by atoms with Gasteiger partial charge in [0.25, 0.3) is 5.91 Å². The molecule has 0 saturated heterocycles. The van der Waals surface area contributed by atoms with Gasteiger partial charge in [-0.05, 0) is 35.7 Å². The second-order valence-electron chi connectivity index (χ2n) is 5.11. The summed E-state index contributed by atoms with van der Waals surface area (Å²) < 4.78 is 0. The molecule has 0 saturated carbocycles. The van der Waals surface area contributed by atoms with Crippen LogP contribution in [0, 0.1) is 0 Å². The molecule has 3 nitrogen and oxygen atoms in total. The van der Waals surface area contributed by atoms with Crippen molar-refractivity contribution in [2.75, 3.05) is 0 Å². The SMILES string of the molecule is CC(C)c1ccc(C(=O)N/N=C/c2c(Cl)cccc2Cl)cc1. The Balaban J connectivity index is 2.05. The average Bonchev–Trinajstić information content (AvgIpc) is 2.50. The first-order chi connectivity index (χ1) is 10.5. The normalized spacial score (nSPS) is 11.1. The highest BCUT2D eigenvalue weighted by atomic mass is 35.5. The molecule has 0 bridgehead atoms. The monoisotopic (exact) mass is 334 g/mol. The smallest absolute Gasteiger partial charge is 0.267 e. The summed E-state index contributed by atoms with van der Waals surface area (Å²) in [6.45, 7) is 4.21. The van der Waals surface area contributed by atoms with Gasteiger partial charge in [-0.25, -0.2) is 5.43 Å².